The van der Waals surface area contributed by atoms with E-state index in [9.17, 15) is 4.79 Å². The largest absolute Gasteiger partial charge is 0.350 e. The molecule has 2 aromatic rings. The van der Waals surface area contributed by atoms with Crippen molar-refractivity contribution in [1.82, 2.24) is 5.32 Å². The summed E-state index contributed by atoms with van der Waals surface area (Å²) in [6.45, 7) is 2.68. The Kier molecular flexibility index (Phi) is 4.52. The lowest BCUT2D eigenvalue weighted by atomic mass is 10.2. The van der Waals surface area contributed by atoms with Crippen molar-refractivity contribution in [3.8, 4) is 0 Å². The van der Waals surface area contributed by atoms with Crippen LogP contribution >= 0.6 is 22.7 Å². The fourth-order valence-electron chi connectivity index (χ4n) is 1.71. The van der Waals surface area contributed by atoms with E-state index < -0.39 is 6.04 Å². The molecule has 2 heterocycles. The van der Waals surface area contributed by atoms with Crippen LogP contribution in [0.25, 0.3) is 0 Å². The Hall–Kier alpha value is -1.17. The zero-order valence-corrected chi connectivity index (χ0v) is 11.8. The van der Waals surface area contributed by atoms with E-state index in [1.807, 2.05) is 17.5 Å². The summed E-state index contributed by atoms with van der Waals surface area (Å²) in [6.07, 6.45) is 0.992. The number of thiophene rings is 2. The van der Waals surface area contributed by atoms with E-state index >= 15 is 0 Å². The van der Waals surface area contributed by atoms with Gasteiger partial charge in [0.05, 0.1) is 6.54 Å². The molecule has 1 atom stereocenters. The maximum Gasteiger partial charge on any atom is 0.242 e. The Bertz CT molecular complexity index is 505. The molecule has 0 aliphatic heterocycles. The van der Waals surface area contributed by atoms with Crippen molar-refractivity contribution in [3.63, 3.8) is 0 Å². The summed E-state index contributed by atoms with van der Waals surface area (Å²) < 4.78 is 0. The predicted octanol–water partition coefficient (Wildman–Crippen LogP) is 2.69. The Morgan fingerprint density at radius 3 is 2.89 bits per heavy atom. The Morgan fingerprint density at radius 2 is 2.22 bits per heavy atom. The maximum atomic E-state index is 11.9. The molecule has 3 nitrogen and oxygen atoms in total. The van der Waals surface area contributed by atoms with Crippen molar-refractivity contribution in [3.05, 3.63) is 44.3 Å². The molecule has 0 spiro atoms. The second-order valence-corrected chi connectivity index (χ2v) is 5.91. The highest BCUT2D eigenvalue weighted by Crippen LogP contribution is 2.19. The molecule has 0 aliphatic rings. The fourth-order valence-corrected chi connectivity index (χ4v) is 3.35. The van der Waals surface area contributed by atoms with E-state index in [0.717, 1.165) is 11.3 Å². The third-order valence-electron chi connectivity index (χ3n) is 2.77. The van der Waals surface area contributed by atoms with Crippen molar-refractivity contribution in [2.24, 2.45) is 5.73 Å². The highest BCUT2D eigenvalue weighted by molar-refractivity contribution is 7.10. The molecule has 0 saturated carbocycles. The molecule has 3 N–H and O–H groups in total. The van der Waals surface area contributed by atoms with Crippen LogP contribution in [-0.4, -0.2) is 5.91 Å². The van der Waals surface area contributed by atoms with E-state index in [1.165, 1.54) is 21.8 Å². The normalized spacial score (nSPS) is 12.3. The summed E-state index contributed by atoms with van der Waals surface area (Å²) in [7, 11) is 0. The predicted molar refractivity (Wildman–Crippen MR) is 76.8 cm³/mol. The van der Waals surface area contributed by atoms with Crippen molar-refractivity contribution in [2.45, 2.75) is 25.9 Å². The van der Waals surface area contributed by atoms with Crippen LogP contribution in [0.4, 0.5) is 0 Å². The number of nitrogens with two attached hydrogens (primary N) is 1. The van der Waals surface area contributed by atoms with Crippen LogP contribution in [0, 0.1) is 0 Å². The van der Waals surface area contributed by atoms with Gasteiger partial charge in [-0.2, -0.15) is 0 Å². The SMILES string of the molecule is CCc1ccsc1CNC(=O)C(N)c1cccs1. The molecule has 2 rings (SSSR count). The van der Waals surface area contributed by atoms with Gasteiger partial charge in [0.1, 0.15) is 6.04 Å². The Morgan fingerprint density at radius 1 is 1.39 bits per heavy atom. The molecule has 0 fully saturated rings. The minimum Gasteiger partial charge on any atom is -0.350 e. The monoisotopic (exact) mass is 280 g/mol. The smallest absolute Gasteiger partial charge is 0.242 e. The molecule has 1 unspecified atom stereocenters. The quantitative estimate of drug-likeness (QED) is 0.884. The van der Waals surface area contributed by atoms with E-state index in [4.69, 9.17) is 5.73 Å². The number of carbonyl (C=O) groups excluding carboxylic acids is 1. The first-order chi connectivity index (χ1) is 8.72. The molecule has 18 heavy (non-hydrogen) atoms. The van der Waals surface area contributed by atoms with Gasteiger partial charge in [-0.05, 0) is 34.9 Å². The highest BCUT2D eigenvalue weighted by atomic mass is 32.1. The van der Waals surface area contributed by atoms with Crippen molar-refractivity contribution < 1.29 is 4.79 Å². The van der Waals surface area contributed by atoms with Gasteiger partial charge < -0.3 is 11.1 Å². The van der Waals surface area contributed by atoms with E-state index in [-0.39, 0.29) is 5.91 Å². The first-order valence-corrected chi connectivity index (χ1v) is 7.60. The van der Waals surface area contributed by atoms with Gasteiger partial charge in [-0.15, -0.1) is 22.7 Å². The summed E-state index contributed by atoms with van der Waals surface area (Å²) in [5, 5.41) is 6.88. The van der Waals surface area contributed by atoms with Gasteiger partial charge in [0.2, 0.25) is 5.91 Å². The zero-order chi connectivity index (χ0) is 13.0. The number of amides is 1. The lowest BCUT2D eigenvalue weighted by Crippen LogP contribution is -2.33. The molecule has 0 aromatic carbocycles. The molecular formula is C13H16N2OS2. The summed E-state index contributed by atoms with van der Waals surface area (Å²) in [6, 6.07) is 5.33. The first kappa shape index (κ1) is 13.3. The standard InChI is InChI=1S/C13H16N2OS2/c1-2-9-5-7-18-11(9)8-15-13(16)12(14)10-4-3-6-17-10/h3-7,12H,2,8,14H2,1H3,(H,15,16). The van der Waals surface area contributed by atoms with Crippen LogP contribution in [0.5, 0.6) is 0 Å². The van der Waals surface area contributed by atoms with Gasteiger partial charge in [0.25, 0.3) is 0 Å². The molecule has 1 amide bonds. The Balaban J connectivity index is 1.92. The molecule has 2 aromatic heterocycles. The molecular weight excluding hydrogens is 264 g/mol. The lowest BCUT2D eigenvalue weighted by molar-refractivity contribution is -0.122. The first-order valence-electron chi connectivity index (χ1n) is 5.84. The van der Waals surface area contributed by atoms with Crippen LogP contribution in [0.15, 0.2) is 29.0 Å². The highest BCUT2D eigenvalue weighted by Gasteiger charge is 2.16. The van der Waals surface area contributed by atoms with Gasteiger partial charge in [0, 0.05) is 9.75 Å². The van der Waals surface area contributed by atoms with E-state index in [0.29, 0.717) is 6.54 Å². The zero-order valence-electron chi connectivity index (χ0n) is 10.2. The molecule has 0 saturated heterocycles. The Labute approximate surface area is 115 Å². The van der Waals surface area contributed by atoms with Gasteiger partial charge >= 0.3 is 0 Å². The van der Waals surface area contributed by atoms with Crippen LogP contribution in [-0.2, 0) is 17.8 Å². The number of nitrogens with one attached hydrogen (secondary N) is 1. The fraction of sp³-hybridized carbons (Fsp3) is 0.308. The number of aryl methyl sites for hydroxylation is 1. The third-order valence-corrected chi connectivity index (χ3v) is 4.69. The molecule has 96 valence electrons. The molecule has 0 aliphatic carbocycles. The average Bonchev–Trinajstić information content (AvgIpc) is 3.05. The van der Waals surface area contributed by atoms with E-state index in [1.54, 1.807) is 11.3 Å². The van der Waals surface area contributed by atoms with Gasteiger partial charge in [-0.25, -0.2) is 0 Å². The summed E-state index contributed by atoms with van der Waals surface area (Å²) in [5.41, 5.74) is 7.19. The van der Waals surface area contributed by atoms with Crippen LogP contribution in [0.1, 0.15) is 28.3 Å². The maximum absolute atomic E-state index is 11.9. The molecule has 0 radical (unpaired) electrons. The van der Waals surface area contributed by atoms with Gasteiger partial charge in [0.15, 0.2) is 0 Å². The number of rotatable bonds is 5. The van der Waals surface area contributed by atoms with Crippen molar-refractivity contribution in [1.29, 1.82) is 0 Å². The lowest BCUT2D eigenvalue weighted by Gasteiger charge is -2.10. The molecule has 5 heteroatoms. The topological polar surface area (TPSA) is 55.1 Å². The minimum absolute atomic E-state index is 0.118. The van der Waals surface area contributed by atoms with Crippen molar-refractivity contribution in [2.75, 3.05) is 0 Å². The second-order valence-electron chi connectivity index (χ2n) is 3.93. The summed E-state index contributed by atoms with van der Waals surface area (Å²) in [5.74, 6) is -0.118. The average molecular weight is 280 g/mol. The van der Waals surface area contributed by atoms with Gasteiger partial charge in [-0.3, -0.25) is 4.79 Å². The number of hydrogen-bond donors (Lipinski definition) is 2. The van der Waals surface area contributed by atoms with Crippen LogP contribution < -0.4 is 11.1 Å². The van der Waals surface area contributed by atoms with Crippen LogP contribution in [0.3, 0.4) is 0 Å². The second kappa shape index (κ2) is 6.13. The van der Waals surface area contributed by atoms with Crippen molar-refractivity contribution >= 4 is 28.6 Å². The third kappa shape index (κ3) is 2.98. The summed E-state index contributed by atoms with van der Waals surface area (Å²) in [4.78, 5) is 14.0. The summed E-state index contributed by atoms with van der Waals surface area (Å²) >= 11 is 3.18. The van der Waals surface area contributed by atoms with Gasteiger partial charge in [-0.1, -0.05) is 13.0 Å². The molecule has 0 bridgehead atoms. The number of hydrogen-bond acceptors (Lipinski definition) is 4. The van der Waals surface area contributed by atoms with Crippen LogP contribution in [0.2, 0.25) is 0 Å². The van der Waals surface area contributed by atoms with E-state index in [2.05, 4.69) is 23.7 Å². The minimum atomic E-state index is -0.560. The number of carbonyl (C=O) groups is 1.